The molecule has 2 rings (SSSR count). The van der Waals surface area contributed by atoms with E-state index in [1.165, 1.54) is 23.7 Å². The SMILES string of the molecule is O=S(=O)(NCc1ccc(C#CCCO)s1)c1cn[nH]c1. The van der Waals surface area contributed by atoms with E-state index in [-0.39, 0.29) is 18.0 Å². The summed E-state index contributed by atoms with van der Waals surface area (Å²) in [6.07, 6.45) is 3.01. The van der Waals surface area contributed by atoms with E-state index >= 15 is 0 Å². The lowest BCUT2D eigenvalue weighted by Gasteiger charge is -2.01. The van der Waals surface area contributed by atoms with Crippen molar-refractivity contribution in [3.8, 4) is 11.8 Å². The maximum atomic E-state index is 11.9. The van der Waals surface area contributed by atoms with E-state index in [0.29, 0.717) is 6.42 Å². The van der Waals surface area contributed by atoms with Gasteiger partial charge in [0.25, 0.3) is 0 Å². The van der Waals surface area contributed by atoms with Crippen LogP contribution in [-0.2, 0) is 16.6 Å². The molecule has 8 heteroatoms. The van der Waals surface area contributed by atoms with Crippen LogP contribution < -0.4 is 4.72 Å². The Hall–Kier alpha value is -1.66. The normalized spacial score (nSPS) is 11.1. The molecule has 0 amide bonds. The lowest BCUT2D eigenvalue weighted by atomic mass is 10.4. The van der Waals surface area contributed by atoms with Crippen molar-refractivity contribution in [2.24, 2.45) is 0 Å². The second kappa shape index (κ2) is 6.67. The Labute approximate surface area is 120 Å². The van der Waals surface area contributed by atoms with E-state index in [4.69, 9.17) is 5.11 Å². The van der Waals surface area contributed by atoms with E-state index in [2.05, 4.69) is 26.8 Å². The molecule has 0 saturated heterocycles. The predicted octanol–water partition coefficient (Wildman–Crippen LogP) is 0.684. The zero-order chi connectivity index (χ0) is 14.4. The molecule has 0 aromatic carbocycles. The summed E-state index contributed by atoms with van der Waals surface area (Å²) in [5, 5.41) is 14.7. The Morgan fingerprint density at radius 3 is 3.00 bits per heavy atom. The topological polar surface area (TPSA) is 95.1 Å². The monoisotopic (exact) mass is 311 g/mol. The molecule has 0 fully saturated rings. The molecule has 2 aromatic rings. The Bertz CT molecular complexity index is 709. The number of hydrogen-bond donors (Lipinski definition) is 3. The molecule has 0 aliphatic carbocycles. The smallest absolute Gasteiger partial charge is 0.244 e. The van der Waals surface area contributed by atoms with Crippen molar-refractivity contribution in [2.75, 3.05) is 6.61 Å². The van der Waals surface area contributed by atoms with E-state index in [9.17, 15) is 8.42 Å². The molecule has 0 aliphatic rings. The second-order valence-corrected chi connectivity index (χ2v) is 6.74. The van der Waals surface area contributed by atoms with Gasteiger partial charge in [0, 0.05) is 24.0 Å². The molecule has 2 aromatic heterocycles. The number of aromatic amines is 1. The van der Waals surface area contributed by atoms with Gasteiger partial charge in [-0.05, 0) is 12.1 Å². The largest absolute Gasteiger partial charge is 0.395 e. The fourth-order valence-electron chi connectivity index (χ4n) is 1.38. The Kier molecular flexibility index (Phi) is 4.92. The van der Waals surface area contributed by atoms with Crippen LogP contribution >= 0.6 is 11.3 Å². The first kappa shape index (κ1) is 14.7. The van der Waals surface area contributed by atoms with Crippen LogP contribution in [0.4, 0.5) is 0 Å². The van der Waals surface area contributed by atoms with Crippen molar-refractivity contribution in [1.82, 2.24) is 14.9 Å². The highest BCUT2D eigenvalue weighted by Gasteiger charge is 2.14. The number of rotatable bonds is 5. The average Bonchev–Trinajstić information content (AvgIpc) is 3.09. The summed E-state index contributed by atoms with van der Waals surface area (Å²) >= 11 is 1.42. The third-order valence-corrected chi connectivity index (χ3v) is 4.70. The highest BCUT2D eigenvalue weighted by atomic mass is 32.2. The summed E-state index contributed by atoms with van der Waals surface area (Å²) in [6, 6.07) is 3.65. The molecule has 0 saturated carbocycles. The Morgan fingerprint density at radius 2 is 2.30 bits per heavy atom. The quantitative estimate of drug-likeness (QED) is 0.708. The number of aromatic nitrogens is 2. The summed E-state index contributed by atoms with van der Waals surface area (Å²) in [6.45, 7) is 0.246. The van der Waals surface area contributed by atoms with Crippen LogP contribution in [0.2, 0.25) is 0 Å². The van der Waals surface area contributed by atoms with Gasteiger partial charge in [-0.15, -0.1) is 11.3 Å². The maximum Gasteiger partial charge on any atom is 0.244 e. The molecule has 20 heavy (non-hydrogen) atoms. The molecule has 0 aliphatic heterocycles. The van der Waals surface area contributed by atoms with Gasteiger partial charge in [-0.25, -0.2) is 13.1 Å². The van der Waals surface area contributed by atoms with Gasteiger partial charge in [0.2, 0.25) is 10.0 Å². The molecule has 6 nitrogen and oxygen atoms in total. The fourth-order valence-corrected chi connectivity index (χ4v) is 3.21. The minimum Gasteiger partial charge on any atom is -0.395 e. The first-order valence-electron chi connectivity index (χ1n) is 5.79. The van der Waals surface area contributed by atoms with Crippen LogP contribution in [-0.4, -0.2) is 30.3 Å². The molecule has 2 heterocycles. The van der Waals surface area contributed by atoms with Gasteiger partial charge in [0.05, 0.1) is 17.7 Å². The van der Waals surface area contributed by atoms with E-state index < -0.39 is 10.0 Å². The molecule has 3 N–H and O–H groups in total. The summed E-state index contributed by atoms with van der Waals surface area (Å²) in [5.41, 5.74) is 0. The highest BCUT2D eigenvalue weighted by Crippen LogP contribution is 2.16. The first-order chi connectivity index (χ1) is 9.62. The van der Waals surface area contributed by atoms with Crippen LogP contribution in [0.3, 0.4) is 0 Å². The standard InChI is InChI=1S/C12H13N3O3S2/c16-6-2-1-3-10-4-5-11(19-10)7-15-20(17,18)12-8-13-14-9-12/h4-5,8-9,15-16H,2,6-7H2,(H,13,14). The van der Waals surface area contributed by atoms with E-state index in [1.54, 1.807) is 0 Å². The number of aliphatic hydroxyl groups is 1. The Balaban J connectivity index is 1.97. The summed E-state index contributed by atoms with van der Waals surface area (Å²) in [4.78, 5) is 1.82. The van der Waals surface area contributed by atoms with Crippen molar-refractivity contribution in [2.45, 2.75) is 17.9 Å². The highest BCUT2D eigenvalue weighted by molar-refractivity contribution is 7.89. The van der Waals surface area contributed by atoms with Gasteiger partial charge >= 0.3 is 0 Å². The number of H-pyrrole nitrogens is 1. The number of hydrogen-bond acceptors (Lipinski definition) is 5. The molecule has 0 atom stereocenters. The molecule has 0 radical (unpaired) electrons. The molecular formula is C12H13N3O3S2. The Morgan fingerprint density at radius 1 is 1.45 bits per heavy atom. The number of sulfonamides is 1. The number of nitrogens with one attached hydrogen (secondary N) is 2. The molecular weight excluding hydrogens is 298 g/mol. The van der Waals surface area contributed by atoms with Crippen LogP contribution in [0.5, 0.6) is 0 Å². The average molecular weight is 311 g/mol. The van der Waals surface area contributed by atoms with Gasteiger partial charge < -0.3 is 5.11 Å². The second-order valence-electron chi connectivity index (χ2n) is 3.80. The minimum atomic E-state index is -3.53. The lowest BCUT2D eigenvalue weighted by Crippen LogP contribution is -2.22. The fraction of sp³-hybridized carbons (Fsp3) is 0.250. The van der Waals surface area contributed by atoms with Crippen molar-refractivity contribution < 1.29 is 13.5 Å². The van der Waals surface area contributed by atoms with Gasteiger partial charge in [-0.3, -0.25) is 5.10 Å². The molecule has 0 spiro atoms. The van der Waals surface area contributed by atoms with Crippen LogP contribution in [0.1, 0.15) is 16.2 Å². The van der Waals surface area contributed by atoms with Crippen LogP contribution in [0.25, 0.3) is 0 Å². The molecule has 106 valence electrons. The van der Waals surface area contributed by atoms with Gasteiger partial charge in [-0.1, -0.05) is 11.8 Å². The third kappa shape index (κ3) is 3.91. The van der Waals surface area contributed by atoms with E-state index in [1.807, 2.05) is 12.1 Å². The van der Waals surface area contributed by atoms with E-state index in [0.717, 1.165) is 9.75 Å². The first-order valence-corrected chi connectivity index (χ1v) is 8.08. The third-order valence-electron chi connectivity index (χ3n) is 2.33. The summed E-state index contributed by atoms with van der Waals surface area (Å²) in [5.74, 6) is 5.73. The van der Waals surface area contributed by atoms with Crippen LogP contribution in [0, 0.1) is 11.8 Å². The number of aliphatic hydroxyl groups excluding tert-OH is 1. The predicted molar refractivity (Wildman–Crippen MR) is 75.5 cm³/mol. The number of thiophene rings is 1. The van der Waals surface area contributed by atoms with Gasteiger partial charge in [0.15, 0.2) is 0 Å². The van der Waals surface area contributed by atoms with Crippen molar-refractivity contribution in [3.63, 3.8) is 0 Å². The molecule has 0 unspecified atom stereocenters. The van der Waals surface area contributed by atoms with Crippen molar-refractivity contribution >= 4 is 21.4 Å². The number of nitrogens with zero attached hydrogens (tertiary/aromatic N) is 1. The zero-order valence-corrected chi connectivity index (χ0v) is 12.1. The summed E-state index contributed by atoms with van der Waals surface area (Å²) < 4.78 is 26.2. The van der Waals surface area contributed by atoms with Gasteiger partial charge in [0.1, 0.15) is 4.90 Å². The molecule has 0 bridgehead atoms. The maximum absolute atomic E-state index is 11.9. The summed E-state index contributed by atoms with van der Waals surface area (Å²) in [7, 11) is -3.53. The minimum absolute atomic E-state index is 0.0374. The van der Waals surface area contributed by atoms with Crippen molar-refractivity contribution in [3.05, 3.63) is 34.3 Å². The van der Waals surface area contributed by atoms with Crippen LogP contribution in [0.15, 0.2) is 29.4 Å². The zero-order valence-electron chi connectivity index (χ0n) is 10.5. The van der Waals surface area contributed by atoms with Crippen molar-refractivity contribution in [1.29, 1.82) is 0 Å². The lowest BCUT2D eigenvalue weighted by molar-refractivity contribution is 0.305. The van der Waals surface area contributed by atoms with Gasteiger partial charge in [-0.2, -0.15) is 5.10 Å².